The first-order valence-electron chi connectivity index (χ1n) is 7.77. The van der Waals surface area contributed by atoms with Gasteiger partial charge in [-0.15, -0.1) is 0 Å². The molecule has 0 N–H and O–H groups in total. The summed E-state index contributed by atoms with van der Waals surface area (Å²) in [5.41, 5.74) is 0.591. The van der Waals surface area contributed by atoms with Crippen LogP contribution in [0.3, 0.4) is 0 Å². The lowest BCUT2D eigenvalue weighted by molar-refractivity contribution is -0.0748. The molecule has 1 saturated heterocycles. The Morgan fingerprint density at radius 3 is 2.86 bits per heavy atom. The van der Waals surface area contributed by atoms with Crippen molar-refractivity contribution in [1.82, 2.24) is 0 Å². The summed E-state index contributed by atoms with van der Waals surface area (Å²) in [6.45, 7) is 0.465. The van der Waals surface area contributed by atoms with Crippen molar-refractivity contribution in [2.45, 2.75) is 56.7 Å². The molecule has 1 aliphatic heterocycles. The van der Waals surface area contributed by atoms with Gasteiger partial charge in [-0.2, -0.15) is 0 Å². The number of rotatable bonds is 4. The Morgan fingerprint density at radius 1 is 1.29 bits per heavy atom. The first kappa shape index (κ1) is 14.9. The molecular formula is C17H21ClO3. The van der Waals surface area contributed by atoms with E-state index in [0.717, 1.165) is 19.1 Å². The van der Waals surface area contributed by atoms with Crippen LogP contribution in [0.15, 0.2) is 18.2 Å². The number of aldehydes is 1. The monoisotopic (exact) mass is 308 g/mol. The first-order chi connectivity index (χ1) is 10.2. The highest BCUT2D eigenvalue weighted by molar-refractivity contribution is 6.32. The Morgan fingerprint density at radius 2 is 2.10 bits per heavy atom. The van der Waals surface area contributed by atoms with Crippen LogP contribution in [0.2, 0.25) is 5.02 Å². The molecule has 1 aliphatic carbocycles. The van der Waals surface area contributed by atoms with Gasteiger partial charge in [-0.3, -0.25) is 4.79 Å². The van der Waals surface area contributed by atoms with Crippen LogP contribution < -0.4 is 4.74 Å². The molecule has 1 heterocycles. The molecule has 1 unspecified atom stereocenters. The van der Waals surface area contributed by atoms with E-state index in [1.807, 2.05) is 0 Å². The number of hydrogen-bond donors (Lipinski definition) is 0. The summed E-state index contributed by atoms with van der Waals surface area (Å²) in [6.07, 6.45) is 9.27. The second-order valence-electron chi connectivity index (χ2n) is 6.11. The molecule has 1 aromatic rings. The minimum atomic E-state index is 0.0975. The molecule has 3 rings (SSSR count). The molecule has 21 heavy (non-hydrogen) atoms. The second kappa shape index (κ2) is 6.37. The highest BCUT2D eigenvalue weighted by Gasteiger charge is 2.41. The van der Waals surface area contributed by atoms with Crippen LogP contribution in [-0.4, -0.2) is 24.6 Å². The van der Waals surface area contributed by atoms with E-state index in [-0.39, 0.29) is 11.7 Å². The number of para-hydroxylation sites is 1. The maximum atomic E-state index is 11.0. The molecule has 2 aliphatic rings. The van der Waals surface area contributed by atoms with Gasteiger partial charge in [0.05, 0.1) is 22.3 Å². The molecule has 0 bridgehead atoms. The molecule has 0 radical (unpaired) electrons. The molecule has 114 valence electrons. The molecule has 4 heteroatoms. The van der Waals surface area contributed by atoms with Gasteiger partial charge >= 0.3 is 0 Å². The van der Waals surface area contributed by atoms with Crippen molar-refractivity contribution in [3.05, 3.63) is 28.8 Å². The van der Waals surface area contributed by atoms with Crippen LogP contribution in [0.1, 0.15) is 55.3 Å². The van der Waals surface area contributed by atoms with E-state index in [1.54, 1.807) is 18.2 Å². The van der Waals surface area contributed by atoms with Gasteiger partial charge in [0, 0.05) is 0 Å². The van der Waals surface area contributed by atoms with E-state index in [2.05, 4.69) is 0 Å². The van der Waals surface area contributed by atoms with E-state index < -0.39 is 0 Å². The Hall–Kier alpha value is -1.06. The quantitative estimate of drug-likeness (QED) is 0.773. The fourth-order valence-electron chi connectivity index (χ4n) is 3.52. The highest BCUT2D eigenvalue weighted by atomic mass is 35.5. The maximum absolute atomic E-state index is 11.0. The summed E-state index contributed by atoms with van der Waals surface area (Å²) in [7, 11) is 0. The zero-order valence-corrected chi connectivity index (χ0v) is 12.9. The van der Waals surface area contributed by atoms with Gasteiger partial charge in [0.25, 0.3) is 0 Å². The molecule has 1 saturated carbocycles. The van der Waals surface area contributed by atoms with Gasteiger partial charge in [-0.25, -0.2) is 0 Å². The van der Waals surface area contributed by atoms with Crippen molar-refractivity contribution in [3.63, 3.8) is 0 Å². The van der Waals surface area contributed by atoms with E-state index in [0.29, 0.717) is 22.9 Å². The number of carbonyl (C=O) groups excluding carboxylic acids is 1. The number of halogens is 1. The Balaban J connectivity index is 1.60. The summed E-state index contributed by atoms with van der Waals surface area (Å²) < 4.78 is 12.1. The lowest BCUT2D eigenvalue weighted by atomic mass is 9.83. The zero-order chi connectivity index (χ0) is 14.7. The number of hydrogen-bond acceptors (Lipinski definition) is 3. The standard InChI is InChI=1S/C17H21ClO3/c18-15-6-4-5-13(11-19)16(15)20-12-14-7-10-17(21-14)8-2-1-3-9-17/h4-6,11,14H,1-3,7-10,12H2. The van der Waals surface area contributed by atoms with Gasteiger partial charge in [0.2, 0.25) is 0 Å². The average Bonchev–Trinajstić information content (AvgIpc) is 2.89. The lowest BCUT2D eigenvalue weighted by Gasteiger charge is -2.33. The van der Waals surface area contributed by atoms with Crippen molar-refractivity contribution < 1.29 is 14.3 Å². The summed E-state index contributed by atoms with van der Waals surface area (Å²) in [4.78, 5) is 11.0. The molecule has 0 aromatic heterocycles. The first-order valence-corrected chi connectivity index (χ1v) is 8.15. The largest absolute Gasteiger partial charge is 0.489 e. The Bertz CT molecular complexity index is 509. The summed E-state index contributed by atoms with van der Waals surface area (Å²) in [5.74, 6) is 0.474. The van der Waals surface area contributed by atoms with Crippen molar-refractivity contribution in [2.24, 2.45) is 0 Å². The number of carbonyl (C=O) groups is 1. The highest BCUT2D eigenvalue weighted by Crippen LogP contribution is 2.42. The third-order valence-electron chi connectivity index (χ3n) is 4.64. The Labute approximate surface area is 130 Å². The SMILES string of the molecule is O=Cc1cccc(Cl)c1OCC1CCC2(CCCCC2)O1. The third kappa shape index (κ3) is 3.24. The van der Waals surface area contributed by atoms with Crippen molar-refractivity contribution in [2.75, 3.05) is 6.61 Å². The van der Waals surface area contributed by atoms with Crippen molar-refractivity contribution in [3.8, 4) is 5.75 Å². The molecule has 2 fully saturated rings. The van der Waals surface area contributed by atoms with Gasteiger partial charge in [0.1, 0.15) is 12.4 Å². The van der Waals surface area contributed by atoms with Gasteiger partial charge < -0.3 is 9.47 Å². The van der Waals surface area contributed by atoms with E-state index in [9.17, 15) is 4.79 Å². The molecule has 3 nitrogen and oxygen atoms in total. The molecule has 0 amide bonds. The van der Waals surface area contributed by atoms with E-state index in [4.69, 9.17) is 21.1 Å². The van der Waals surface area contributed by atoms with Crippen LogP contribution in [0, 0.1) is 0 Å². The fourth-order valence-corrected chi connectivity index (χ4v) is 3.76. The minimum Gasteiger partial charge on any atom is -0.489 e. The lowest BCUT2D eigenvalue weighted by Crippen LogP contribution is -2.33. The maximum Gasteiger partial charge on any atom is 0.153 e. The van der Waals surface area contributed by atoms with Crippen molar-refractivity contribution in [1.29, 1.82) is 0 Å². The van der Waals surface area contributed by atoms with Crippen molar-refractivity contribution >= 4 is 17.9 Å². The second-order valence-corrected chi connectivity index (χ2v) is 6.52. The van der Waals surface area contributed by atoms with Crippen LogP contribution in [-0.2, 0) is 4.74 Å². The van der Waals surface area contributed by atoms with Crippen LogP contribution in [0.25, 0.3) is 0 Å². The summed E-state index contributed by atoms with van der Waals surface area (Å²) in [5, 5.41) is 0.477. The van der Waals surface area contributed by atoms with Gasteiger partial charge in [-0.05, 0) is 37.8 Å². The summed E-state index contributed by atoms with van der Waals surface area (Å²) >= 11 is 6.11. The average molecular weight is 309 g/mol. The normalized spacial score (nSPS) is 24.1. The smallest absolute Gasteiger partial charge is 0.153 e. The summed E-state index contributed by atoms with van der Waals surface area (Å²) in [6, 6.07) is 5.20. The molecule has 1 atom stereocenters. The molecule has 1 aromatic carbocycles. The van der Waals surface area contributed by atoms with E-state index >= 15 is 0 Å². The predicted molar refractivity (Wildman–Crippen MR) is 82.3 cm³/mol. The predicted octanol–water partition coefficient (Wildman–Crippen LogP) is 4.41. The van der Waals surface area contributed by atoms with Crippen LogP contribution in [0.5, 0.6) is 5.75 Å². The van der Waals surface area contributed by atoms with Crippen LogP contribution in [0.4, 0.5) is 0 Å². The molecular weight excluding hydrogens is 288 g/mol. The number of benzene rings is 1. The van der Waals surface area contributed by atoms with E-state index in [1.165, 1.54) is 32.1 Å². The van der Waals surface area contributed by atoms with Gasteiger partial charge in [0.15, 0.2) is 6.29 Å². The van der Waals surface area contributed by atoms with Crippen LogP contribution >= 0.6 is 11.6 Å². The Kier molecular flexibility index (Phi) is 4.51. The fraction of sp³-hybridized carbons (Fsp3) is 0.588. The van der Waals surface area contributed by atoms with Gasteiger partial charge in [-0.1, -0.05) is 36.9 Å². The minimum absolute atomic E-state index is 0.0975. The molecule has 1 spiro atoms. The third-order valence-corrected chi connectivity index (χ3v) is 4.94. The zero-order valence-electron chi connectivity index (χ0n) is 12.1. The number of ether oxygens (including phenoxy) is 2. The topological polar surface area (TPSA) is 35.5 Å².